The first-order valence-corrected chi connectivity index (χ1v) is 15.3. The van der Waals surface area contributed by atoms with Crippen LogP contribution in [0.4, 0.5) is 10.3 Å². The molecule has 8 nitrogen and oxygen atoms in total. The van der Waals surface area contributed by atoms with Crippen molar-refractivity contribution in [2.45, 2.75) is 64.8 Å². The monoisotopic (exact) mass is 515 g/mol. The Balaban J connectivity index is 1.59. The van der Waals surface area contributed by atoms with E-state index in [1.807, 2.05) is 6.07 Å². The second-order valence-electron chi connectivity index (χ2n) is 10.5. The lowest BCUT2D eigenvalue weighted by molar-refractivity contribution is -0.121. The Labute approximate surface area is 214 Å². The van der Waals surface area contributed by atoms with Crippen LogP contribution in [-0.2, 0) is 20.7 Å². The summed E-state index contributed by atoms with van der Waals surface area (Å²) in [5, 5.41) is 6.76. The largest absolute Gasteiger partial charge is 0.412 e. The minimum Gasteiger partial charge on any atom is -0.412 e. The van der Waals surface area contributed by atoms with Crippen LogP contribution in [-0.4, -0.2) is 56.6 Å². The number of nitrogens with one attached hydrogen (secondary N) is 1. The molecule has 1 aromatic carbocycles. The van der Waals surface area contributed by atoms with Gasteiger partial charge < -0.3 is 19.5 Å². The molecule has 0 saturated carbocycles. The lowest BCUT2D eigenvalue weighted by Crippen LogP contribution is -2.40. The molecule has 2 heterocycles. The summed E-state index contributed by atoms with van der Waals surface area (Å²) < 4.78 is 21.6. The fraction of sp³-hybridized carbons (Fsp3) is 0.538. The van der Waals surface area contributed by atoms with Gasteiger partial charge in [0.25, 0.3) is 0 Å². The van der Waals surface area contributed by atoms with E-state index in [0.717, 1.165) is 18.6 Å². The number of rotatable bonds is 9. The van der Waals surface area contributed by atoms with Gasteiger partial charge >= 0.3 is 0 Å². The van der Waals surface area contributed by atoms with Crippen molar-refractivity contribution < 1.29 is 18.4 Å². The van der Waals surface area contributed by atoms with Gasteiger partial charge in [0, 0.05) is 62.1 Å². The van der Waals surface area contributed by atoms with Gasteiger partial charge in [-0.15, -0.1) is 0 Å². The molecule has 0 aliphatic carbocycles. The van der Waals surface area contributed by atoms with Crippen molar-refractivity contribution in [3.8, 4) is 11.1 Å². The summed E-state index contributed by atoms with van der Waals surface area (Å²) in [6, 6.07) is 5.37. The average molecular weight is 516 g/mol. The Morgan fingerprint density at radius 1 is 1.19 bits per heavy atom. The molecule has 0 atom stereocenters. The van der Waals surface area contributed by atoms with Gasteiger partial charge in [0.2, 0.25) is 11.9 Å². The third-order valence-electron chi connectivity index (χ3n) is 6.94. The fourth-order valence-electron chi connectivity index (χ4n) is 3.47. The average Bonchev–Trinajstić information content (AvgIpc) is 2.86. The number of amides is 1. The minimum atomic E-state index is -1.98. The molecule has 0 spiro atoms. The Morgan fingerprint density at radius 3 is 2.47 bits per heavy atom. The third kappa shape index (κ3) is 7.10. The van der Waals surface area contributed by atoms with Crippen LogP contribution in [0.5, 0.6) is 0 Å². The SMILES string of the molecule is CNC(=O)CCON=C1CCN(c2ncc(-c3cccc(CO[Si](C)(C)C(C)(C)C)c3F)cn2)CC1. The third-order valence-corrected chi connectivity index (χ3v) is 11.4. The number of hydrogen-bond acceptors (Lipinski definition) is 7. The molecule has 1 amide bonds. The van der Waals surface area contributed by atoms with E-state index in [2.05, 4.69) is 59.2 Å². The molecule has 36 heavy (non-hydrogen) atoms. The highest BCUT2D eigenvalue weighted by Crippen LogP contribution is 2.37. The van der Waals surface area contributed by atoms with Crippen LogP contribution < -0.4 is 10.2 Å². The van der Waals surface area contributed by atoms with Gasteiger partial charge in [0.15, 0.2) is 8.32 Å². The summed E-state index contributed by atoms with van der Waals surface area (Å²) >= 11 is 0. The van der Waals surface area contributed by atoms with E-state index >= 15 is 4.39 Å². The molecule has 1 aliphatic rings. The van der Waals surface area contributed by atoms with E-state index in [9.17, 15) is 4.79 Å². The first-order valence-electron chi connectivity index (χ1n) is 12.4. The topological polar surface area (TPSA) is 88.9 Å². The molecule has 1 aromatic heterocycles. The summed E-state index contributed by atoms with van der Waals surface area (Å²) in [7, 11) is -0.389. The number of oxime groups is 1. The number of halogens is 1. The zero-order valence-electron chi connectivity index (χ0n) is 22.2. The van der Waals surface area contributed by atoms with Crippen LogP contribution in [0.1, 0.15) is 45.6 Å². The van der Waals surface area contributed by atoms with E-state index in [-0.39, 0.29) is 36.4 Å². The Kier molecular flexibility index (Phi) is 9.18. The van der Waals surface area contributed by atoms with Gasteiger partial charge in [-0.25, -0.2) is 14.4 Å². The molecule has 3 rings (SSSR count). The number of nitrogens with zero attached hydrogens (tertiary/aromatic N) is 4. The van der Waals surface area contributed by atoms with Crippen molar-refractivity contribution in [2.75, 3.05) is 31.6 Å². The standard InChI is InChI=1S/C26H38FN5O3Si/c1-26(2,3)36(5,6)35-18-19-8-7-9-22(24(19)27)20-16-29-25(30-17-20)32-13-10-21(11-14-32)31-34-15-12-23(33)28-4/h7-9,16-17H,10-15,18H2,1-6H3,(H,28,33). The van der Waals surface area contributed by atoms with Gasteiger partial charge in [0.1, 0.15) is 12.4 Å². The van der Waals surface area contributed by atoms with E-state index < -0.39 is 8.32 Å². The normalized spacial score (nSPS) is 14.5. The van der Waals surface area contributed by atoms with Crippen molar-refractivity contribution >= 4 is 25.9 Å². The molecular weight excluding hydrogens is 477 g/mol. The highest BCUT2D eigenvalue weighted by Gasteiger charge is 2.37. The lowest BCUT2D eigenvalue weighted by Gasteiger charge is -2.36. The predicted octanol–water partition coefficient (Wildman–Crippen LogP) is 4.91. The lowest BCUT2D eigenvalue weighted by atomic mass is 10.1. The zero-order chi connectivity index (χ0) is 26.3. The maximum atomic E-state index is 15.3. The van der Waals surface area contributed by atoms with E-state index in [1.165, 1.54) is 0 Å². The van der Waals surface area contributed by atoms with Crippen LogP contribution in [0.15, 0.2) is 35.7 Å². The number of carbonyl (C=O) groups excluding carboxylic acids is 1. The molecule has 1 fully saturated rings. The summed E-state index contributed by atoms with van der Waals surface area (Å²) in [5.74, 6) is 0.246. The first-order chi connectivity index (χ1) is 17.0. The number of anilines is 1. The van der Waals surface area contributed by atoms with Crippen molar-refractivity contribution in [3.63, 3.8) is 0 Å². The Hall–Kier alpha value is -2.85. The summed E-state index contributed by atoms with van der Waals surface area (Å²) in [4.78, 5) is 27.6. The fourth-order valence-corrected chi connectivity index (χ4v) is 4.42. The Bertz CT molecular complexity index is 1060. The molecule has 0 radical (unpaired) electrons. The van der Waals surface area contributed by atoms with Gasteiger partial charge in [-0.1, -0.05) is 44.1 Å². The maximum Gasteiger partial charge on any atom is 0.225 e. The van der Waals surface area contributed by atoms with Crippen LogP contribution in [0.25, 0.3) is 11.1 Å². The zero-order valence-corrected chi connectivity index (χ0v) is 23.2. The molecule has 1 aliphatic heterocycles. The van der Waals surface area contributed by atoms with Gasteiger partial charge in [-0.3, -0.25) is 4.79 Å². The quantitative estimate of drug-likeness (QED) is 0.290. The molecule has 2 aromatic rings. The van der Waals surface area contributed by atoms with Crippen molar-refractivity contribution in [2.24, 2.45) is 5.16 Å². The molecule has 0 unspecified atom stereocenters. The highest BCUT2D eigenvalue weighted by atomic mass is 28.4. The predicted molar refractivity (Wildman–Crippen MR) is 143 cm³/mol. The molecular formula is C26H38FN5O3Si. The second-order valence-corrected chi connectivity index (χ2v) is 15.3. The van der Waals surface area contributed by atoms with E-state index in [4.69, 9.17) is 9.26 Å². The molecule has 1 N–H and O–H groups in total. The van der Waals surface area contributed by atoms with Crippen molar-refractivity contribution in [3.05, 3.63) is 42.0 Å². The van der Waals surface area contributed by atoms with Gasteiger partial charge in [0.05, 0.1) is 18.7 Å². The summed E-state index contributed by atoms with van der Waals surface area (Å²) in [5.41, 5.74) is 2.61. The number of benzene rings is 1. The highest BCUT2D eigenvalue weighted by molar-refractivity contribution is 6.74. The first kappa shape index (κ1) is 27.7. The van der Waals surface area contributed by atoms with Crippen molar-refractivity contribution in [1.82, 2.24) is 15.3 Å². The van der Waals surface area contributed by atoms with Gasteiger partial charge in [-0.2, -0.15) is 0 Å². The molecule has 10 heteroatoms. The number of hydrogen-bond donors (Lipinski definition) is 1. The molecule has 0 bridgehead atoms. The second kappa shape index (κ2) is 11.9. The summed E-state index contributed by atoms with van der Waals surface area (Å²) in [6.07, 6.45) is 5.09. The number of aromatic nitrogens is 2. The Morgan fingerprint density at radius 2 is 1.86 bits per heavy atom. The minimum absolute atomic E-state index is 0.0611. The van der Waals surface area contributed by atoms with Crippen LogP contribution >= 0.6 is 0 Å². The number of piperidine rings is 1. The van der Waals surface area contributed by atoms with E-state index in [0.29, 0.717) is 35.7 Å². The van der Waals surface area contributed by atoms with Crippen molar-refractivity contribution in [1.29, 1.82) is 0 Å². The summed E-state index contributed by atoms with van der Waals surface area (Å²) in [6.45, 7) is 12.8. The maximum absolute atomic E-state index is 15.3. The smallest absolute Gasteiger partial charge is 0.225 e. The van der Waals surface area contributed by atoms with Gasteiger partial charge in [-0.05, 0) is 18.1 Å². The van der Waals surface area contributed by atoms with Crippen LogP contribution in [0.2, 0.25) is 18.1 Å². The molecule has 196 valence electrons. The van der Waals surface area contributed by atoms with Crippen LogP contribution in [0, 0.1) is 5.82 Å². The molecule has 1 saturated heterocycles. The number of carbonyl (C=O) groups is 1. The van der Waals surface area contributed by atoms with E-state index in [1.54, 1.807) is 31.6 Å². The van der Waals surface area contributed by atoms with Crippen LogP contribution in [0.3, 0.4) is 0 Å².